The van der Waals surface area contributed by atoms with E-state index in [-0.39, 0.29) is 24.0 Å². The van der Waals surface area contributed by atoms with Crippen molar-refractivity contribution in [1.29, 1.82) is 0 Å². The van der Waals surface area contributed by atoms with Crippen LogP contribution in [-0.4, -0.2) is 25.3 Å². The molecule has 1 aromatic rings. The maximum absolute atomic E-state index is 4.70. The average molecular weight is 419 g/mol. The molecule has 1 fully saturated rings. The van der Waals surface area contributed by atoms with Crippen molar-refractivity contribution < 1.29 is 0 Å². The standard InChI is InChI=1S/C16H25N3S.HI/c1-4-17-16(18-10-13-6-7-13)19-11-14-8-5-12(2)9-15(14)20-3;/h5,8-9,13H,4,6-7,10-11H2,1-3H3,(H2,17,18,19);1H. The van der Waals surface area contributed by atoms with Gasteiger partial charge in [0.2, 0.25) is 0 Å². The summed E-state index contributed by atoms with van der Waals surface area (Å²) in [5, 5.41) is 6.75. The van der Waals surface area contributed by atoms with Gasteiger partial charge in [0.15, 0.2) is 5.96 Å². The lowest BCUT2D eigenvalue weighted by Crippen LogP contribution is -2.38. The molecule has 1 aliphatic rings. The topological polar surface area (TPSA) is 36.4 Å². The van der Waals surface area contributed by atoms with Gasteiger partial charge in [-0.2, -0.15) is 0 Å². The minimum absolute atomic E-state index is 0. The number of thioether (sulfide) groups is 1. The van der Waals surface area contributed by atoms with Gasteiger partial charge < -0.3 is 10.6 Å². The van der Waals surface area contributed by atoms with Crippen LogP contribution in [0.1, 0.15) is 30.9 Å². The molecule has 3 nitrogen and oxygen atoms in total. The molecule has 2 N–H and O–H groups in total. The summed E-state index contributed by atoms with van der Waals surface area (Å²) in [6.45, 7) is 6.92. The lowest BCUT2D eigenvalue weighted by molar-refractivity contribution is 0.738. The summed E-state index contributed by atoms with van der Waals surface area (Å²) in [5.74, 6) is 1.80. The third-order valence-electron chi connectivity index (χ3n) is 3.45. The van der Waals surface area contributed by atoms with E-state index < -0.39 is 0 Å². The number of guanidine groups is 1. The highest BCUT2D eigenvalue weighted by molar-refractivity contribution is 14.0. The fourth-order valence-corrected chi connectivity index (χ4v) is 2.75. The number of aryl methyl sites for hydroxylation is 1. The van der Waals surface area contributed by atoms with Crippen molar-refractivity contribution in [3.05, 3.63) is 29.3 Å². The van der Waals surface area contributed by atoms with E-state index in [1.165, 1.54) is 28.9 Å². The largest absolute Gasteiger partial charge is 0.357 e. The molecule has 21 heavy (non-hydrogen) atoms. The van der Waals surface area contributed by atoms with Crippen LogP contribution in [0.25, 0.3) is 0 Å². The minimum Gasteiger partial charge on any atom is -0.357 e. The first-order valence-electron chi connectivity index (χ1n) is 7.38. The summed E-state index contributed by atoms with van der Waals surface area (Å²) in [6, 6.07) is 6.59. The Morgan fingerprint density at radius 3 is 2.71 bits per heavy atom. The molecule has 0 amide bonds. The molecule has 5 heteroatoms. The fourth-order valence-electron chi connectivity index (χ4n) is 2.05. The Hall–Kier alpha value is -0.430. The molecular formula is C16H26IN3S. The number of hydrogen-bond acceptors (Lipinski definition) is 2. The van der Waals surface area contributed by atoms with Crippen LogP contribution in [0.15, 0.2) is 28.1 Å². The molecule has 0 saturated heterocycles. The van der Waals surface area contributed by atoms with Gasteiger partial charge >= 0.3 is 0 Å². The van der Waals surface area contributed by atoms with Crippen molar-refractivity contribution in [2.24, 2.45) is 10.9 Å². The van der Waals surface area contributed by atoms with Gasteiger partial charge in [-0.1, -0.05) is 12.1 Å². The number of nitrogens with one attached hydrogen (secondary N) is 2. The fraction of sp³-hybridized carbons (Fsp3) is 0.562. The smallest absolute Gasteiger partial charge is 0.191 e. The zero-order valence-corrected chi connectivity index (χ0v) is 16.3. The first-order chi connectivity index (χ1) is 9.72. The number of halogens is 1. The number of rotatable bonds is 6. The Labute approximate surface area is 149 Å². The molecule has 0 aliphatic heterocycles. The van der Waals surface area contributed by atoms with Crippen molar-refractivity contribution in [2.75, 3.05) is 19.3 Å². The van der Waals surface area contributed by atoms with Crippen LogP contribution in [0.5, 0.6) is 0 Å². The molecule has 1 aliphatic carbocycles. The molecule has 2 rings (SSSR count). The quantitative estimate of drug-likeness (QED) is 0.319. The Kier molecular flexibility index (Phi) is 8.48. The van der Waals surface area contributed by atoms with Gasteiger partial charge in [0, 0.05) is 18.0 Å². The second kappa shape index (κ2) is 9.56. The lowest BCUT2D eigenvalue weighted by Gasteiger charge is -2.12. The third kappa shape index (κ3) is 6.46. The van der Waals surface area contributed by atoms with E-state index in [0.29, 0.717) is 0 Å². The van der Waals surface area contributed by atoms with Crippen molar-refractivity contribution in [1.82, 2.24) is 10.6 Å². The summed E-state index contributed by atoms with van der Waals surface area (Å²) in [7, 11) is 0. The first kappa shape index (κ1) is 18.6. The van der Waals surface area contributed by atoms with Crippen LogP contribution >= 0.6 is 35.7 Å². The molecule has 0 bridgehead atoms. The second-order valence-electron chi connectivity index (χ2n) is 5.33. The summed E-state index contributed by atoms with van der Waals surface area (Å²) in [5.41, 5.74) is 2.60. The Morgan fingerprint density at radius 2 is 2.10 bits per heavy atom. The SMILES string of the molecule is CCNC(=NCc1ccc(C)cc1SC)NCC1CC1.I. The number of nitrogens with zero attached hydrogens (tertiary/aromatic N) is 1. The Balaban J connectivity index is 0.00000220. The van der Waals surface area contributed by atoms with E-state index in [0.717, 1.165) is 31.5 Å². The van der Waals surface area contributed by atoms with E-state index in [9.17, 15) is 0 Å². The van der Waals surface area contributed by atoms with E-state index >= 15 is 0 Å². The molecule has 118 valence electrons. The van der Waals surface area contributed by atoms with E-state index in [2.05, 4.69) is 48.9 Å². The van der Waals surface area contributed by atoms with Crippen molar-refractivity contribution in [3.8, 4) is 0 Å². The van der Waals surface area contributed by atoms with Crippen LogP contribution in [0.3, 0.4) is 0 Å². The maximum atomic E-state index is 4.70. The van der Waals surface area contributed by atoms with Gasteiger partial charge in [0.05, 0.1) is 6.54 Å². The average Bonchev–Trinajstić information content (AvgIpc) is 3.27. The molecule has 0 radical (unpaired) electrons. The number of aliphatic imine (C=N–C) groups is 1. The molecular weight excluding hydrogens is 393 g/mol. The van der Waals surface area contributed by atoms with Gasteiger partial charge in [0.1, 0.15) is 0 Å². The van der Waals surface area contributed by atoms with Crippen molar-refractivity contribution in [3.63, 3.8) is 0 Å². The van der Waals surface area contributed by atoms with Crippen LogP contribution in [0.4, 0.5) is 0 Å². The highest BCUT2D eigenvalue weighted by Crippen LogP contribution is 2.27. The third-order valence-corrected chi connectivity index (χ3v) is 4.27. The van der Waals surface area contributed by atoms with E-state index in [4.69, 9.17) is 4.99 Å². The van der Waals surface area contributed by atoms with Gasteiger partial charge in [0.25, 0.3) is 0 Å². The van der Waals surface area contributed by atoms with Crippen LogP contribution in [0.2, 0.25) is 0 Å². The van der Waals surface area contributed by atoms with Gasteiger partial charge in [-0.3, -0.25) is 0 Å². The Bertz CT molecular complexity index is 473. The molecule has 0 spiro atoms. The summed E-state index contributed by atoms with van der Waals surface area (Å²) in [4.78, 5) is 6.03. The molecule has 0 heterocycles. The van der Waals surface area contributed by atoms with Crippen molar-refractivity contribution >= 4 is 41.7 Å². The Morgan fingerprint density at radius 1 is 1.33 bits per heavy atom. The summed E-state index contributed by atoms with van der Waals surface area (Å²) >= 11 is 1.79. The summed E-state index contributed by atoms with van der Waals surface area (Å²) < 4.78 is 0. The van der Waals surface area contributed by atoms with Crippen molar-refractivity contribution in [2.45, 2.75) is 38.1 Å². The van der Waals surface area contributed by atoms with Gasteiger partial charge in [-0.25, -0.2) is 4.99 Å². The monoisotopic (exact) mass is 419 g/mol. The first-order valence-corrected chi connectivity index (χ1v) is 8.61. The zero-order valence-electron chi connectivity index (χ0n) is 13.1. The minimum atomic E-state index is 0. The molecule has 1 saturated carbocycles. The second-order valence-corrected chi connectivity index (χ2v) is 6.18. The summed E-state index contributed by atoms with van der Waals surface area (Å²) in [6.07, 6.45) is 4.85. The molecule has 0 atom stereocenters. The van der Waals surface area contributed by atoms with Crippen LogP contribution < -0.4 is 10.6 Å². The lowest BCUT2D eigenvalue weighted by atomic mass is 10.1. The maximum Gasteiger partial charge on any atom is 0.191 e. The zero-order chi connectivity index (χ0) is 14.4. The predicted molar refractivity (Wildman–Crippen MR) is 104 cm³/mol. The van der Waals surface area contributed by atoms with E-state index in [1.54, 1.807) is 11.8 Å². The molecule has 0 unspecified atom stereocenters. The number of hydrogen-bond donors (Lipinski definition) is 2. The van der Waals surface area contributed by atoms with Crippen LogP contribution in [-0.2, 0) is 6.54 Å². The molecule has 1 aromatic carbocycles. The van der Waals surface area contributed by atoms with Gasteiger partial charge in [-0.15, -0.1) is 35.7 Å². The number of benzene rings is 1. The van der Waals surface area contributed by atoms with E-state index in [1.807, 2.05) is 0 Å². The highest BCUT2D eigenvalue weighted by Gasteiger charge is 2.21. The highest BCUT2D eigenvalue weighted by atomic mass is 127. The van der Waals surface area contributed by atoms with Crippen LogP contribution in [0, 0.1) is 12.8 Å². The molecule has 0 aromatic heterocycles. The van der Waals surface area contributed by atoms with Gasteiger partial charge in [-0.05, 0) is 56.1 Å². The predicted octanol–water partition coefficient (Wildman–Crippen LogP) is 3.80. The normalized spacial score (nSPS) is 14.5.